The highest BCUT2D eigenvalue weighted by molar-refractivity contribution is 5.81. The van der Waals surface area contributed by atoms with E-state index in [0.717, 1.165) is 39.9 Å². The predicted octanol–water partition coefficient (Wildman–Crippen LogP) is 5.85. The molecule has 0 bridgehead atoms. The number of nitrogens with one attached hydrogen (secondary N) is 1. The molecule has 0 aliphatic heterocycles. The zero-order chi connectivity index (χ0) is 25.8. The van der Waals surface area contributed by atoms with E-state index < -0.39 is 18.1 Å². The number of ether oxygens (including phenoxy) is 1. The minimum atomic E-state index is -1.13. The fraction of sp³-hybridized carbons (Fsp3) is 0.194. The van der Waals surface area contributed by atoms with E-state index in [4.69, 9.17) is 4.74 Å². The molecule has 2 N–H and O–H groups in total. The van der Waals surface area contributed by atoms with Gasteiger partial charge in [-0.3, -0.25) is 4.98 Å². The Morgan fingerprint density at radius 2 is 1.51 bits per heavy atom. The number of carboxylic acids is 1. The number of benzene rings is 3. The Morgan fingerprint density at radius 1 is 0.892 bits per heavy atom. The molecule has 0 radical (unpaired) electrons. The molecule has 1 atom stereocenters. The smallest absolute Gasteiger partial charge is 0.407 e. The lowest BCUT2D eigenvalue weighted by atomic mass is 9.98. The van der Waals surface area contributed by atoms with Crippen LogP contribution >= 0.6 is 0 Å². The maximum absolute atomic E-state index is 12.6. The van der Waals surface area contributed by atoms with Gasteiger partial charge in [-0.05, 0) is 45.9 Å². The van der Waals surface area contributed by atoms with Gasteiger partial charge in [-0.1, -0.05) is 85.8 Å². The topological polar surface area (TPSA) is 88.5 Å². The van der Waals surface area contributed by atoms with Crippen molar-refractivity contribution < 1.29 is 19.4 Å². The van der Waals surface area contributed by atoms with Gasteiger partial charge in [0.05, 0.1) is 5.69 Å². The zero-order valence-corrected chi connectivity index (χ0v) is 20.6. The first kappa shape index (κ1) is 24.3. The molecule has 186 valence electrons. The van der Waals surface area contributed by atoms with E-state index in [1.807, 2.05) is 66.7 Å². The van der Waals surface area contributed by atoms with Crippen LogP contribution in [-0.4, -0.2) is 34.8 Å². The second kappa shape index (κ2) is 10.7. The third-order valence-corrected chi connectivity index (χ3v) is 6.87. The number of amides is 1. The van der Waals surface area contributed by atoms with E-state index in [2.05, 4.69) is 35.4 Å². The van der Waals surface area contributed by atoms with Gasteiger partial charge in [-0.15, -0.1) is 0 Å². The number of carbonyl (C=O) groups is 2. The maximum atomic E-state index is 12.6. The van der Waals surface area contributed by atoms with Gasteiger partial charge < -0.3 is 15.2 Å². The molecular formula is C31H28N2O4. The average Bonchev–Trinajstić information content (AvgIpc) is 3.25. The molecule has 6 heteroatoms. The highest BCUT2D eigenvalue weighted by atomic mass is 16.5. The van der Waals surface area contributed by atoms with Gasteiger partial charge in [-0.2, -0.15) is 0 Å². The lowest BCUT2D eigenvalue weighted by Crippen LogP contribution is -2.42. The van der Waals surface area contributed by atoms with E-state index >= 15 is 0 Å². The lowest BCUT2D eigenvalue weighted by Gasteiger charge is -2.17. The largest absolute Gasteiger partial charge is 0.480 e. The molecule has 0 saturated heterocycles. The zero-order valence-electron chi connectivity index (χ0n) is 20.6. The predicted molar refractivity (Wildman–Crippen MR) is 142 cm³/mol. The standard InChI is InChI=1S/C31H28N2O4/c1-2-21-9-3-4-10-22(21)28-16-15-20(18-32-28)17-29(30(34)35)33-31(36)37-19-27-25-13-7-5-11-23(25)24-12-6-8-14-26(24)27/h3-16,18,27,29H,2,17,19H2,1H3,(H,33,36)(H,34,35)/t29-/m0/s1. The molecule has 1 aromatic heterocycles. The lowest BCUT2D eigenvalue weighted by molar-refractivity contribution is -0.139. The number of aliphatic carboxylic acids is 1. The van der Waals surface area contributed by atoms with Crippen LogP contribution in [0.4, 0.5) is 4.79 Å². The first-order valence-electron chi connectivity index (χ1n) is 12.4. The molecule has 0 unspecified atom stereocenters. The van der Waals surface area contributed by atoms with Crippen LogP contribution in [-0.2, 0) is 22.4 Å². The van der Waals surface area contributed by atoms with Gasteiger partial charge >= 0.3 is 12.1 Å². The monoisotopic (exact) mass is 492 g/mol. The molecule has 1 aliphatic rings. The average molecular weight is 493 g/mol. The molecule has 4 aromatic rings. The summed E-state index contributed by atoms with van der Waals surface area (Å²) in [6.07, 6.45) is 1.90. The van der Waals surface area contributed by atoms with Crippen LogP contribution in [0.25, 0.3) is 22.4 Å². The van der Waals surface area contributed by atoms with Gasteiger partial charge in [-0.25, -0.2) is 9.59 Å². The van der Waals surface area contributed by atoms with Crippen molar-refractivity contribution in [2.75, 3.05) is 6.61 Å². The number of hydrogen-bond donors (Lipinski definition) is 2. The number of hydrogen-bond acceptors (Lipinski definition) is 4. The number of nitrogens with zero attached hydrogens (tertiary/aromatic N) is 1. The van der Waals surface area contributed by atoms with Crippen molar-refractivity contribution in [1.82, 2.24) is 10.3 Å². The van der Waals surface area contributed by atoms with Crippen LogP contribution < -0.4 is 5.32 Å². The number of carboxylic acid groups (broad SMARTS) is 1. The van der Waals surface area contributed by atoms with Crippen LogP contribution in [0.15, 0.2) is 91.1 Å². The van der Waals surface area contributed by atoms with E-state index in [9.17, 15) is 14.7 Å². The molecule has 0 saturated carbocycles. The molecule has 1 amide bonds. The third kappa shape index (κ3) is 5.09. The highest BCUT2D eigenvalue weighted by Crippen LogP contribution is 2.44. The summed E-state index contributed by atoms with van der Waals surface area (Å²) in [7, 11) is 0. The van der Waals surface area contributed by atoms with E-state index in [1.54, 1.807) is 6.20 Å². The third-order valence-electron chi connectivity index (χ3n) is 6.87. The summed E-state index contributed by atoms with van der Waals surface area (Å²) >= 11 is 0. The van der Waals surface area contributed by atoms with E-state index in [1.165, 1.54) is 5.56 Å². The first-order valence-corrected chi connectivity index (χ1v) is 12.4. The summed E-state index contributed by atoms with van der Waals surface area (Å²) in [4.78, 5) is 29.1. The van der Waals surface area contributed by atoms with Crippen LogP contribution in [0.2, 0.25) is 0 Å². The Morgan fingerprint density at radius 3 is 2.11 bits per heavy atom. The summed E-state index contributed by atoms with van der Waals surface area (Å²) in [6, 6.07) is 26.8. The van der Waals surface area contributed by atoms with Crippen molar-refractivity contribution in [2.24, 2.45) is 0 Å². The Bertz CT molecular complexity index is 1390. The summed E-state index contributed by atoms with van der Waals surface area (Å²) in [5.74, 6) is -1.22. The van der Waals surface area contributed by atoms with Crippen molar-refractivity contribution in [2.45, 2.75) is 31.7 Å². The highest BCUT2D eigenvalue weighted by Gasteiger charge is 2.29. The first-order chi connectivity index (χ1) is 18.0. The number of aromatic nitrogens is 1. The number of carbonyl (C=O) groups excluding carboxylic acids is 1. The quantitative estimate of drug-likeness (QED) is 0.322. The number of fused-ring (bicyclic) bond motifs is 3. The van der Waals surface area contributed by atoms with Gasteiger partial charge in [0.25, 0.3) is 0 Å². The number of pyridine rings is 1. The van der Waals surface area contributed by atoms with E-state index in [0.29, 0.717) is 5.56 Å². The molecule has 6 nitrogen and oxygen atoms in total. The van der Waals surface area contributed by atoms with Crippen molar-refractivity contribution in [3.63, 3.8) is 0 Å². The second-order valence-corrected chi connectivity index (χ2v) is 9.13. The van der Waals surface area contributed by atoms with Gasteiger partial charge in [0.1, 0.15) is 12.6 Å². The SMILES string of the molecule is CCc1ccccc1-c1ccc(C[C@H](NC(=O)OCC2c3ccccc3-c3ccccc32)C(=O)O)cn1. The van der Waals surface area contributed by atoms with Crippen molar-refractivity contribution >= 4 is 12.1 Å². The Balaban J connectivity index is 1.23. The van der Waals surface area contributed by atoms with Gasteiger partial charge in [0, 0.05) is 24.1 Å². The summed E-state index contributed by atoms with van der Waals surface area (Å²) in [5.41, 5.74) is 8.26. The summed E-state index contributed by atoms with van der Waals surface area (Å²) in [6.45, 7) is 2.22. The van der Waals surface area contributed by atoms with Crippen molar-refractivity contribution in [3.8, 4) is 22.4 Å². The number of rotatable bonds is 8. The fourth-order valence-corrected chi connectivity index (χ4v) is 5.00. The van der Waals surface area contributed by atoms with Crippen molar-refractivity contribution in [1.29, 1.82) is 0 Å². The normalized spacial score (nSPS) is 12.9. The molecule has 37 heavy (non-hydrogen) atoms. The van der Waals surface area contributed by atoms with Crippen LogP contribution in [0.1, 0.15) is 35.1 Å². The van der Waals surface area contributed by atoms with Crippen LogP contribution in [0, 0.1) is 0 Å². The maximum Gasteiger partial charge on any atom is 0.407 e. The summed E-state index contributed by atoms with van der Waals surface area (Å²) in [5, 5.41) is 12.2. The fourth-order valence-electron chi connectivity index (χ4n) is 5.00. The Labute approximate surface area is 216 Å². The molecule has 1 heterocycles. The molecule has 0 spiro atoms. The van der Waals surface area contributed by atoms with E-state index in [-0.39, 0.29) is 18.9 Å². The van der Waals surface area contributed by atoms with Crippen LogP contribution in [0.3, 0.4) is 0 Å². The second-order valence-electron chi connectivity index (χ2n) is 9.13. The Hall–Kier alpha value is -4.45. The minimum absolute atomic E-state index is 0.0934. The van der Waals surface area contributed by atoms with Gasteiger partial charge in [0.15, 0.2) is 0 Å². The van der Waals surface area contributed by atoms with Crippen LogP contribution in [0.5, 0.6) is 0 Å². The molecule has 5 rings (SSSR count). The number of aryl methyl sites for hydroxylation is 1. The van der Waals surface area contributed by atoms with Crippen molar-refractivity contribution in [3.05, 3.63) is 113 Å². The number of alkyl carbamates (subject to hydrolysis) is 1. The molecule has 1 aliphatic carbocycles. The molecule has 0 fully saturated rings. The van der Waals surface area contributed by atoms with Gasteiger partial charge in [0.2, 0.25) is 0 Å². The minimum Gasteiger partial charge on any atom is -0.480 e. The molecular weight excluding hydrogens is 464 g/mol. The summed E-state index contributed by atoms with van der Waals surface area (Å²) < 4.78 is 5.53. The molecule has 3 aromatic carbocycles. The Kier molecular flexibility index (Phi) is 6.99.